The summed E-state index contributed by atoms with van der Waals surface area (Å²) < 4.78 is 22.5. The van der Waals surface area contributed by atoms with Crippen molar-refractivity contribution in [1.29, 1.82) is 0 Å². The van der Waals surface area contributed by atoms with Crippen molar-refractivity contribution in [2.24, 2.45) is 33.8 Å². The number of hydrogen-bond donors (Lipinski definition) is 4. The van der Waals surface area contributed by atoms with Gasteiger partial charge in [-0.05, 0) is 18.3 Å². The summed E-state index contributed by atoms with van der Waals surface area (Å²) in [5.41, 5.74) is -2.28. The third kappa shape index (κ3) is 1.43. The highest BCUT2D eigenvalue weighted by Gasteiger charge is 3.04. The van der Waals surface area contributed by atoms with Crippen LogP contribution >= 0.6 is 0 Å². The number of esters is 3. The Labute approximate surface area is 176 Å². The maximum absolute atomic E-state index is 13.4. The monoisotopic (exact) mass is 439 g/mol. The Morgan fingerprint density at radius 3 is 2.26 bits per heavy atom. The van der Waals surface area contributed by atoms with Crippen LogP contribution in [0.2, 0.25) is 0 Å². The molecule has 0 aromatic carbocycles. The Morgan fingerprint density at radius 2 is 1.65 bits per heavy atom. The molecule has 5 N–H and O–H groups in total. The molecule has 2 aliphatic carbocycles. The minimum Gasteiger partial charge on any atom is -0.458 e. The Balaban J connectivity index is 1.75. The van der Waals surface area contributed by atoms with Crippen LogP contribution in [-0.4, -0.2) is 81.2 Å². The molecule has 7 unspecified atom stereocenters. The molecular formula is C20H25NO10. The molecule has 6 aliphatic rings. The lowest BCUT2D eigenvalue weighted by Gasteiger charge is -2.47. The SMILES string of the molecule is C[C@@H]1C(=O)OC2[C@H](O)C34C5OC(=O)C3(OC3OC(=O)[C@H](O)C34C(C(C)(C)C)[C@H]5N)[C@]21O. The largest absolute Gasteiger partial charge is 0.458 e. The molecule has 6 rings (SSSR count). The van der Waals surface area contributed by atoms with E-state index in [1.54, 1.807) is 0 Å². The minimum atomic E-state index is -2.32. The van der Waals surface area contributed by atoms with Gasteiger partial charge >= 0.3 is 17.9 Å². The Bertz CT molecular complexity index is 962. The molecular weight excluding hydrogens is 414 g/mol. The third-order valence-electron chi connectivity index (χ3n) is 9.03. The predicted octanol–water partition coefficient (Wildman–Crippen LogP) is -2.43. The number of carbonyl (C=O) groups is 3. The molecule has 4 saturated heterocycles. The third-order valence-corrected chi connectivity index (χ3v) is 9.03. The highest BCUT2D eigenvalue weighted by molar-refractivity contribution is 5.94. The number of hydrogen-bond acceptors (Lipinski definition) is 11. The number of ether oxygens (including phenoxy) is 4. The molecule has 0 aromatic heterocycles. The molecule has 4 heterocycles. The molecule has 0 amide bonds. The van der Waals surface area contributed by atoms with E-state index in [9.17, 15) is 29.7 Å². The fraction of sp³-hybridized carbons (Fsp3) is 0.850. The molecule has 4 aliphatic heterocycles. The summed E-state index contributed by atoms with van der Waals surface area (Å²) in [6.45, 7) is 6.90. The Hall–Kier alpha value is -1.79. The van der Waals surface area contributed by atoms with Gasteiger partial charge in [0.2, 0.25) is 11.9 Å². The van der Waals surface area contributed by atoms with Gasteiger partial charge < -0.3 is 40.0 Å². The summed E-state index contributed by atoms with van der Waals surface area (Å²) in [5.74, 6) is -4.79. The standard InChI is InChI=1S/C20H25NO10/c1-5-12(24)28-11-8(22)18-10-6(21)7(16(2,3)4)17(18)9(23)13(25)30-15(17)31-20(18,14(26)29-10)19(5,11)27/h5-11,15,22-23,27H,21H2,1-4H3/t5-,6-,7?,8+,9+,10?,11?,15?,17?,18?,19-,20?/m1/s1. The number of nitrogens with two attached hydrogens (primary N) is 1. The van der Waals surface area contributed by atoms with Gasteiger partial charge in [-0.15, -0.1) is 0 Å². The summed E-state index contributed by atoms with van der Waals surface area (Å²) in [6.07, 6.45) is -7.75. The summed E-state index contributed by atoms with van der Waals surface area (Å²) in [6, 6.07) is -0.926. The average molecular weight is 439 g/mol. The summed E-state index contributed by atoms with van der Waals surface area (Å²) in [5, 5.41) is 34.8. The van der Waals surface area contributed by atoms with Gasteiger partial charge in [0.25, 0.3) is 0 Å². The molecule has 2 spiro atoms. The normalized spacial score (nSPS) is 61.0. The number of aliphatic hydroxyl groups excluding tert-OH is 2. The number of fused-ring (bicyclic) bond motifs is 1. The lowest BCUT2D eigenvalue weighted by molar-refractivity contribution is -0.239. The molecule has 12 atom stereocenters. The molecule has 170 valence electrons. The van der Waals surface area contributed by atoms with Crippen LogP contribution in [-0.2, 0) is 33.3 Å². The maximum atomic E-state index is 13.4. The Morgan fingerprint density at radius 1 is 1.00 bits per heavy atom. The van der Waals surface area contributed by atoms with E-state index in [4.69, 9.17) is 24.7 Å². The van der Waals surface area contributed by atoms with Gasteiger partial charge in [-0.25, -0.2) is 9.59 Å². The zero-order valence-corrected chi connectivity index (χ0v) is 17.4. The molecule has 11 heteroatoms. The van der Waals surface area contributed by atoms with E-state index in [1.807, 2.05) is 20.8 Å². The van der Waals surface area contributed by atoms with Gasteiger partial charge in [0.15, 0.2) is 17.8 Å². The molecule has 31 heavy (non-hydrogen) atoms. The first kappa shape index (κ1) is 19.9. The smallest absolute Gasteiger partial charge is 0.343 e. The zero-order valence-electron chi connectivity index (χ0n) is 17.4. The van der Waals surface area contributed by atoms with E-state index in [0.717, 1.165) is 0 Å². The van der Waals surface area contributed by atoms with Crippen LogP contribution in [0.3, 0.4) is 0 Å². The van der Waals surface area contributed by atoms with E-state index in [1.165, 1.54) is 6.92 Å². The van der Waals surface area contributed by atoms with E-state index in [2.05, 4.69) is 0 Å². The highest BCUT2D eigenvalue weighted by atomic mass is 16.8. The minimum absolute atomic E-state index is 0.667. The van der Waals surface area contributed by atoms with Crippen LogP contribution in [0, 0.1) is 28.1 Å². The lowest BCUT2D eigenvalue weighted by Crippen LogP contribution is -2.67. The summed E-state index contributed by atoms with van der Waals surface area (Å²) in [7, 11) is 0. The van der Waals surface area contributed by atoms with Crippen molar-refractivity contribution in [3.63, 3.8) is 0 Å². The second-order valence-corrected chi connectivity index (χ2v) is 10.9. The average Bonchev–Trinajstić information content (AvgIpc) is 3.35. The van der Waals surface area contributed by atoms with E-state index in [0.29, 0.717) is 0 Å². The number of aliphatic hydroxyl groups is 3. The van der Waals surface area contributed by atoms with Crippen molar-refractivity contribution in [3.8, 4) is 0 Å². The number of rotatable bonds is 0. The van der Waals surface area contributed by atoms with Gasteiger partial charge in [0, 0.05) is 6.04 Å². The van der Waals surface area contributed by atoms with Crippen molar-refractivity contribution < 1.29 is 48.7 Å². The molecule has 0 bridgehead atoms. The Kier molecular flexibility index (Phi) is 3.15. The second kappa shape index (κ2) is 4.91. The fourth-order valence-corrected chi connectivity index (χ4v) is 8.41. The maximum Gasteiger partial charge on any atom is 0.343 e. The first-order valence-electron chi connectivity index (χ1n) is 10.4. The highest BCUT2D eigenvalue weighted by Crippen LogP contribution is 2.84. The van der Waals surface area contributed by atoms with Crippen molar-refractivity contribution in [2.75, 3.05) is 0 Å². The fourth-order valence-electron chi connectivity index (χ4n) is 8.41. The van der Waals surface area contributed by atoms with Gasteiger partial charge in [-0.2, -0.15) is 0 Å². The van der Waals surface area contributed by atoms with Crippen molar-refractivity contribution >= 4 is 17.9 Å². The van der Waals surface area contributed by atoms with E-state index < -0.39 is 93.9 Å². The molecule has 6 fully saturated rings. The second-order valence-electron chi connectivity index (χ2n) is 10.9. The predicted molar refractivity (Wildman–Crippen MR) is 95.4 cm³/mol. The quantitative estimate of drug-likeness (QED) is 0.233. The van der Waals surface area contributed by atoms with Crippen LogP contribution in [0.25, 0.3) is 0 Å². The molecule has 11 nitrogen and oxygen atoms in total. The van der Waals surface area contributed by atoms with Crippen LogP contribution in [0.1, 0.15) is 27.7 Å². The van der Waals surface area contributed by atoms with Crippen molar-refractivity contribution in [1.82, 2.24) is 0 Å². The first-order chi connectivity index (χ1) is 14.3. The molecule has 0 radical (unpaired) electrons. The van der Waals surface area contributed by atoms with Gasteiger partial charge in [0.1, 0.15) is 12.2 Å². The van der Waals surface area contributed by atoms with Crippen LogP contribution in [0.5, 0.6) is 0 Å². The van der Waals surface area contributed by atoms with Gasteiger partial charge in [-0.3, -0.25) is 4.79 Å². The number of carbonyl (C=O) groups excluding carboxylic acids is 3. The first-order valence-corrected chi connectivity index (χ1v) is 10.4. The van der Waals surface area contributed by atoms with Crippen molar-refractivity contribution in [2.45, 2.75) is 75.6 Å². The van der Waals surface area contributed by atoms with E-state index >= 15 is 0 Å². The van der Waals surface area contributed by atoms with Gasteiger partial charge in [0.05, 0.1) is 16.7 Å². The van der Waals surface area contributed by atoms with Crippen molar-refractivity contribution in [3.05, 3.63) is 0 Å². The summed E-state index contributed by atoms with van der Waals surface area (Å²) >= 11 is 0. The lowest BCUT2D eigenvalue weighted by atomic mass is 9.51. The molecule has 0 aromatic rings. The van der Waals surface area contributed by atoms with E-state index in [-0.39, 0.29) is 0 Å². The van der Waals surface area contributed by atoms with Gasteiger partial charge in [-0.1, -0.05) is 20.8 Å². The van der Waals surface area contributed by atoms with Crippen LogP contribution < -0.4 is 5.73 Å². The topological polar surface area (TPSA) is 175 Å². The van der Waals surface area contributed by atoms with Crippen LogP contribution in [0.15, 0.2) is 0 Å². The summed E-state index contributed by atoms with van der Waals surface area (Å²) in [4.78, 5) is 38.4. The molecule has 2 saturated carbocycles. The zero-order chi connectivity index (χ0) is 22.7. The van der Waals surface area contributed by atoms with Crippen LogP contribution in [0.4, 0.5) is 0 Å².